The van der Waals surface area contributed by atoms with Gasteiger partial charge in [-0.15, -0.1) is 0 Å². The Labute approximate surface area is 145 Å². The summed E-state index contributed by atoms with van der Waals surface area (Å²) >= 11 is 0. The zero-order valence-corrected chi connectivity index (χ0v) is 13.9. The summed E-state index contributed by atoms with van der Waals surface area (Å²) < 4.78 is 10.0. The first-order valence-electron chi connectivity index (χ1n) is 7.42. The average Bonchev–Trinajstić information content (AvgIpc) is 2.62. The molecule has 2 aromatic carbocycles. The van der Waals surface area contributed by atoms with Crippen LogP contribution in [-0.2, 0) is 4.79 Å². The molecule has 0 aliphatic rings. The third kappa shape index (κ3) is 5.04. The Balaban J connectivity index is 1.96. The van der Waals surface area contributed by atoms with Crippen molar-refractivity contribution >= 4 is 18.1 Å². The van der Waals surface area contributed by atoms with Gasteiger partial charge in [-0.25, -0.2) is 0 Å². The van der Waals surface area contributed by atoms with Crippen molar-refractivity contribution in [2.24, 2.45) is 0 Å². The lowest BCUT2D eigenvalue weighted by Gasteiger charge is -2.04. The Kier molecular flexibility index (Phi) is 6.06. The molecule has 0 saturated heterocycles. The zero-order chi connectivity index (χ0) is 18.2. The highest BCUT2D eigenvalue weighted by atomic mass is 16.5. The Hall–Kier alpha value is -3.41. The van der Waals surface area contributed by atoms with Gasteiger partial charge in [-0.05, 0) is 47.5 Å². The maximum absolute atomic E-state index is 11.8. The fourth-order valence-corrected chi connectivity index (χ4v) is 2.04. The van der Waals surface area contributed by atoms with E-state index in [0.717, 1.165) is 11.1 Å². The Morgan fingerprint density at radius 1 is 0.920 bits per heavy atom. The molecule has 2 rings (SSSR count). The number of carbonyl (C=O) groups excluding carboxylic acids is 1. The fourth-order valence-electron chi connectivity index (χ4n) is 2.04. The third-order valence-corrected chi connectivity index (χ3v) is 3.34. The van der Waals surface area contributed by atoms with Gasteiger partial charge in [-0.1, -0.05) is 12.1 Å². The van der Waals surface area contributed by atoms with Crippen molar-refractivity contribution in [3.05, 3.63) is 59.8 Å². The number of carbonyl (C=O) groups is 1. The third-order valence-electron chi connectivity index (χ3n) is 3.34. The van der Waals surface area contributed by atoms with Gasteiger partial charge in [0.1, 0.15) is 0 Å². The number of methoxy groups -OCH3 is 2. The summed E-state index contributed by atoms with van der Waals surface area (Å²) in [4.78, 5) is 11.8. The Morgan fingerprint density at radius 3 is 1.96 bits per heavy atom. The second-order valence-electron chi connectivity index (χ2n) is 5.04. The first-order chi connectivity index (χ1) is 12.0. The van der Waals surface area contributed by atoms with Gasteiger partial charge in [0.25, 0.3) is 0 Å². The van der Waals surface area contributed by atoms with Crippen LogP contribution in [0.15, 0.2) is 48.7 Å². The number of benzene rings is 2. The first kappa shape index (κ1) is 17.9. The largest absolute Gasteiger partial charge is 0.504 e. The minimum absolute atomic E-state index is 0.0383. The number of hydrogen-bond donors (Lipinski definition) is 3. The highest BCUT2D eigenvalue weighted by Gasteiger charge is 2.02. The molecule has 2 aromatic rings. The number of phenols is 2. The highest BCUT2D eigenvalue weighted by molar-refractivity contribution is 5.92. The molecular weight excluding hydrogens is 322 g/mol. The molecule has 6 nitrogen and oxygen atoms in total. The second kappa shape index (κ2) is 8.44. The smallest absolute Gasteiger partial charge is 0.247 e. The van der Waals surface area contributed by atoms with E-state index < -0.39 is 0 Å². The van der Waals surface area contributed by atoms with Gasteiger partial charge in [0.05, 0.1) is 14.2 Å². The molecular formula is C19H19NO5. The minimum atomic E-state index is -0.311. The molecule has 6 heteroatoms. The lowest BCUT2D eigenvalue weighted by molar-refractivity contribution is -0.115. The summed E-state index contributed by atoms with van der Waals surface area (Å²) in [6, 6.07) is 9.64. The molecule has 130 valence electrons. The summed E-state index contributed by atoms with van der Waals surface area (Å²) in [7, 11) is 2.92. The monoisotopic (exact) mass is 341 g/mol. The van der Waals surface area contributed by atoms with Crippen LogP contribution < -0.4 is 14.8 Å². The van der Waals surface area contributed by atoms with Gasteiger partial charge in [-0.2, -0.15) is 0 Å². The van der Waals surface area contributed by atoms with Gasteiger partial charge < -0.3 is 25.0 Å². The van der Waals surface area contributed by atoms with E-state index in [0.29, 0.717) is 11.5 Å². The SMILES string of the molecule is COc1cc(/C=C/NC(=O)/C=C/c2ccc(O)c(OC)c2)ccc1O. The van der Waals surface area contributed by atoms with E-state index in [9.17, 15) is 15.0 Å². The van der Waals surface area contributed by atoms with E-state index in [2.05, 4.69) is 5.32 Å². The number of hydrogen-bond acceptors (Lipinski definition) is 5. The molecule has 25 heavy (non-hydrogen) atoms. The number of aromatic hydroxyl groups is 2. The molecule has 0 aliphatic heterocycles. The first-order valence-corrected chi connectivity index (χ1v) is 7.42. The van der Waals surface area contributed by atoms with E-state index in [1.807, 2.05) is 0 Å². The van der Waals surface area contributed by atoms with E-state index in [4.69, 9.17) is 9.47 Å². The number of rotatable bonds is 6. The highest BCUT2D eigenvalue weighted by Crippen LogP contribution is 2.27. The quantitative estimate of drug-likeness (QED) is 0.703. The second-order valence-corrected chi connectivity index (χ2v) is 5.04. The lowest BCUT2D eigenvalue weighted by Crippen LogP contribution is -2.13. The van der Waals surface area contributed by atoms with Crippen LogP contribution in [0.3, 0.4) is 0 Å². The Bertz CT molecular complexity index is 811. The van der Waals surface area contributed by atoms with Crippen LogP contribution in [0.4, 0.5) is 0 Å². The summed E-state index contributed by atoms with van der Waals surface area (Å²) in [5, 5.41) is 21.7. The molecule has 0 aliphatic carbocycles. The standard InChI is InChI=1S/C19H19NO5/c1-24-17-11-13(3-6-15(17)21)5-8-19(23)20-10-9-14-4-7-16(22)18(12-14)25-2/h3-12,21-22H,1-2H3,(H,20,23)/b8-5+,10-9+. The van der Waals surface area contributed by atoms with Gasteiger partial charge >= 0.3 is 0 Å². The zero-order valence-electron chi connectivity index (χ0n) is 13.9. The number of phenolic OH excluding ortho intramolecular Hbond substituents is 2. The average molecular weight is 341 g/mol. The van der Waals surface area contributed by atoms with Gasteiger partial charge in [-0.3, -0.25) is 4.79 Å². The van der Waals surface area contributed by atoms with Crippen LogP contribution in [0.25, 0.3) is 12.2 Å². The van der Waals surface area contributed by atoms with Crippen molar-refractivity contribution in [3.63, 3.8) is 0 Å². The minimum Gasteiger partial charge on any atom is -0.504 e. The summed E-state index contributed by atoms with van der Waals surface area (Å²) in [5.74, 6) is 0.472. The molecule has 0 heterocycles. The predicted molar refractivity (Wildman–Crippen MR) is 95.5 cm³/mol. The van der Waals surface area contributed by atoms with E-state index in [-0.39, 0.29) is 17.4 Å². The van der Waals surface area contributed by atoms with Crippen LogP contribution in [0.2, 0.25) is 0 Å². The predicted octanol–water partition coefficient (Wildman–Crippen LogP) is 2.92. The fraction of sp³-hybridized carbons (Fsp3) is 0.105. The molecule has 0 bridgehead atoms. The van der Waals surface area contributed by atoms with Crippen molar-refractivity contribution in [2.45, 2.75) is 0 Å². The number of amides is 1. The van der Waals surface area contributed by atoms with E-state index in [1.165, 1.54) is 38.6 Å². The van der Waals surface area contributed by atoms with Crippen molar-refractivity contribution in [3.8, 4) is 23.0 Å². The molecule has 0 unspecified atom stereocenters. The summed E-state index contributed by atoms with van der Waals surface area (Å²) in [5.41, 5.74) is 1.49. The van der Waals surface area contributed by atoms with Crippen molar-refractivity contribution in [1.29, 1.82) is 0 Å². The molecule has 0 atom stereocenters. The molecule has 0 fully saturated rings. The summed E-state index contributed by atoms with van der Waals surface area (Å²) in [6.45, 7) is 0. The van der Waals surface area contributed by atoms with Crippen molar-refractivity contribution < 1.29 is 24.5 Å². The lowest BCUT2D eigenvalue weighted by atomic mass is 10.2. The van der Waals surface area contributed by atoms with Gasteiger partial charge in [0.2, 0.25) is 5.91 Å². The van der Waals surface area contributed by atoms with Gasteiger partial charge in [0.15, 0.2) is 23.0 Å². The number of nitrogens with one attached hydrogen (secondary N) is 1. The van der Waals surface area contributed by atoms with Crippen LogP contribution in [0.5, 0.6) is 23.0 Å². The van der Waals surface area contributed by atoms with Crippen molar-refractivity contribution in [2.75, 3.05) is 14.2 Å². The van der Waals surface area contributed by atoms with Crippen LogP contribution >= 0.6 is 0 Å². The Morgan fingerprint density at radius 2 is 1.44 bits per heavy atom. The van der Waals surface area contributed by atoms with Crippen LogP contribution in [-0.4, -0.2) is 30.3 Å². The molecule has 1 amide bonds. The van der Waals surface area contributed by atoms with E-state index >= 15 is 0 Å². The maximum Gasteiger partial charge on any atom is 0.247 e. The molecule has 0 spiro atoms. The molecule has 0 aromatic heterocycles. The van der Waals surface area contributed by atoms with Crippen LogP contribution in [0.1, 0.15) is 11.1 Å². The maximum atomic E-state index is 11.8. The van der Waals surface area contributed by atoms with Crippen molar-refractivity contribution in [1.82, 2.24) is 5.32 Å². The van der Waals surface area contributed by atoms with Gasteiger partial charge in [0, 0.05) is 12.3 Å². The summed E-state index contributed by atoms with van der Waals surface area (Å²) in [6.07, 6.45) is 6.15. The molecule has 3 N–H and O–H groups in total. The molecule has 0 radical (unpaired) electrons. The molecule has 0 saturated carbocycles. The van der Waals surface area contributed by atoms with Crippen LogP contribution in [0, 0.1) is 0 Å². The number of ether oxygens (including phenoxy) is 2. The topological polar surface area (TPSA) is 88.0 Å². The van der Waals surface area contributed by atoms with E-state index in [1.54, 1.807) is 36.4 Å². The normalized spacial score (nSPS) is 11.0.